The Balaban J connectivity index is 2.22. The Hall–Kier alpha value is -2.23. The van der Waals surface area contributed by atoms with E-state index < -0.39 is 0 Å². The Morgan fingerprint density at radius 1 is 1.21 bits per heavy atom. The number of carbonyl (C=O) groups excluding carboxylic acids is 1. The van der Waals surface area contributed by atoms with Crippen LogP contribution in [0.3, 0.4) is 0 Å². The molecule has 0 unspecified atom stereocenters. The fourth-order valence-electron chi connectivity index (χ4n) is 1.86. The van der Waals surface area contributed by atoms with Crippen LogP contribution in [0.4, 0.5) is 0 Å². The van der Waals surface area contributed by atoms with Gasteiger partial charge in [0.2, 0.25) is 5.88 Å². The molecule has 0 bridgehead atoms. The predicted octanol–water partition coefficient (Wildman–Crippen LogP) is 2.53. The monoisotopic (exact) mass is 256 g/mol. The van der Waals surface area contributed by atoms with E-state index >= 15 is 0 Å². The summed E-state index contributed by atoms with van der Waals surface area (Å²) in [6.45, 7) is 4.02. The Labute approximate surface area is 112 Å². The highest BCUT2D eigenvalue weighted by atomic mass is 16.5. The van der Waals surface area contributed by atoms with Crippen LogP contribution in [0.1, 0.15) is 27.2 Å². The second-order valence-corrected chi connectivity index (χ2v) is 4.48. The lowest BCUT2D eigenvalue weighted by molar-refractivity contribution is 0.0987. The average Bonchev–Trinajstić information content (AvgIpc) is 2.43. The van der Waals surface area contributed by atoms with E-state index in [2.05, 4.69) is 9.97 Å². The zero-order valence-corrected chi connectivity index (χ0v) is 11.3. The molecule has 0 radical (unpaired) electrons. The zero-order chi connectivity index (χ0) is 13.8. The van der Waals surface area contributed by atoms with Crippen LogP contribution in [0.5, 0.6) is 5.88 Å². The fraction of sp³-hybridized carbons (Fsp3) is 0.267. The van der Waals surface area contributed by atoms with Gasteiger partial charge in [-0.3, -0.25) is 4.79 Å². The second-order valence-electron chi connectivity index (χ2n) is 4.48. The second kappa shape index (κ2) is 5.61. The highest BCUT2D eigenvalue weighted by molar-refractivity contribution is 5.96. The number of hydrogen-bond acceptors (Lipinski definition) is 4. The van der Waals surface area contributed by atoms with Crippen LogP contribution < -0.4 is 4.74 Å². The molecular formula is C15H16N2O2. The van der Waals surface area contributed by atoms with Gasteiger partial charge in [-0.25, -0.2) is 9.97 Å². The molecule has 2 rings (SSSR count). The van der Waals surface area contributed by atoms with Gasteiger partial charge in [-0.05, 0) is 25.0 Å². The lowest BCUT2D eigenvalue weighted by Crippen LogP contribution is -2.08. The van der Waals surface area contributed by atoms with E-state index in [0.717, 1.165) is 16.7 Å². The van der Waals surface area contributed by atoms with E-state index in [9.17, 15) is 4.79 Å². The summed E-state index contributed by atoms with van der Waals surface area (Å²) in [5, 5.41) is 0. The first-order valence-corrected chi connectivity index (χ1v) is 6.05. The van der Waals surface area contributed by atoms with Gasteiger partial charge in [-0.2, -0.15) is 0 Å². The maximum atomic E-state index is 12.2. The van der Waals surface area contributed by atoms with Crippen molar-refractivity contribution in [2.75, 3.05) is 7.11 Å². The minimum atomic E-state index is -0.0330. The quantitative estimate of drug-likeness (QED) is 0.789. The number of Topliss-reactive ketones (excluding diaryl/α,β-unsaturated/α-hetero) is 1. The zero-order valence-electron chi connectivity index (χ0n) is 11.3. The largest absolute Gasteiger partial charge is 0.481 e. The predicted molar refractivity (Wildman–Crippen MR) is 72.5 cm³/mol. The summed E-state index contributed by atoms with van der Waals surface area (Å²) in [6, 6.07) is 7.66. The van der Waals surface area contributed by atoms with Crippen LogP contribution >= 0.6 is 0 Å². The van der Waals surface area contributed by atoms with E-state index in [4.69, 9.17) is 4.74 Å². The number of ketones is 1. The summed E-state index contributed by atoms with van der Waals surface area (Å²) >= 11 is 0. The summed E-state index contributed by atoms with van der Waals surface area (Å²) in [6.07, 6.45) is 1.68. The van der Waals surface area contributed by atoms with Gasteiger partial charge in [0.05, 0.1) is 7.11 Å². The van der Waals surface area contributed by atoms with Crippen LogP contribution in [0.2, 0.25) is 0 Å². The number of rotatable bonds is 4. The number of ether oxygens (including phenoxy) is 1. The molecule has 2 aromatic rings. The number of aryl methyl sites for hydroxylation is 2. The molecule has 0 saturated carbocycles. The maximum Gasteiger partial charge on any atom is 0.216 e. The molecule has 0 aliphatic heterocycles. The molecule has 0 aliphatic carbocycles. The van der Waals surface area contributed by atoms with Gasteiger partial charge in [0.25, 0.3) is 0 Å². The molecular weight excluding hydrogens is 240 g/mol. The summed E-state index contributed by atoms with van der Waals surface area (Å²) in [5.74, 6) is 0.369. The topological polar surface area (TPSA) is 52.1 Å². The van der Waals surface area contributed by atoms with Gasteiger partial charge in [-0.1, -0.05) is 23.8 Å². The molecule has 4 heteroatoms. The van der Waals surface area contributed by atoms with Crippen molar-refractivity contribution in [3.8, 4) is 5.88 Å². The van der Waals surface area contributed by atoms with Gasteiger partial charge in [-0.15, -0.1) is 0 Å². The van der Waals surface area contributed by atoms with E-state index in [-0.39, 0.29) is 5.78 Å². The molecule has 1 heterocycles. The highest BCUT2D eigenvalue weighted by Gasteiger charge is 2.11. The molecule has 1 aromatic carbocycles. The number of aromatic nitrogens is 2. The van der Waals surface area contributed by atoms with Crippen molar-refractivity contribution in [2.45, 2.75) is 20.3 Å². The van der Waals surface area contributed by atoms with Crippen LogP contribution in [0.25, 0.3) is 0 Å². The molecule has 0 saturated heterocycles. The normalized spacial score (nSPS) is 10.3. The third-order valence-electron chi connectivity index (χ3n) is 2.99. The van der Waals surface area contributed by atoms with E-state index in [1.165, 1.54) is 13.4 Å². The van der Waals surface area contributed by atoms with Crippen molar-refractivity contribution in [1.29, 1.82) is 0 Å². The van der Waals surface area contributed by atoms with Crippen molar-refractivity contribution < 1.29 is 9.53 Å². The van der Waals surface area contributed by atoms with Crippen molar-refractivity contribution >= 4 is 5.78 Å². The molecule has 0 aliphatic rings. The van der Waals surface area contributed by atoms with Gasteiger partial charge in [0, 0.05) is 12.5 Å². The standard InChI is InChI=1S/C15H16N2O2/c1-10-4-5-11(2)12(6-10)7-14(18)13-8-15(19-3)17-9-16-13/h4-6,8-9H,7H2,1-3H3. The van der Waals surface area contributed by atoms with E-state index in [1.54, 1.807) is 6.07 Å². The number of nitrogens with zero attached hydrogens (tertiary/aromatic N) is 2. The summed E-state index contributed by atoms with van der Waals surface area (Å²) in [5.41, 5.74) is 3.67. The molecule has 0 fully saturated rings. The molecule has 0 N–H and O–H groups in total. The first-order chi connectivity index (χ1) is 9.10. The molecule has 4 nitrogen and oxygen atoms in total. The van der Waals surface area contributed by atoms with Gasteiger partial charge in [0.15, 0.2) is 5.78 Å². The average molecular weight is 256 g/mol. The fourth-order valence-corrected chi connectivity index (χ4v) is 1.86. The number of hydrogen-bond donors (Lipinski definition) is 0. The lowest BCUT2D eigenvalue weighted by Gasteiger charge is -2.06. The minimum absolute atomic E-state index is 0.0330. The molecule has 1 aromatic heterocycles. The first kappa shape index (κ1) is 13.2. The van der Waals surface area contributed by atoms with Crippen LogP contribution in [0.15, 0.2) is 30.6 Å². The van der Waals surface area contributed by atoms with Crippen LogP contribution in [0, 0.1) is 13.8 Å². The molecule has 0 spiro atoms. The summed E-state index contributed by atoms with van der Waals surface area (Å²) < 4.78 is 4.99. The summed E-state index contributed by atoms with van der Waals surface area (Å²) in [7, 11) is 1.52. The van der Waals surface area contributed by atoms with Gasteiger partial charge >= 0.3 is 0 Å². The Morgan fingerprint density at radius 3 is 2.74 bits per heavy atom. The third-order valence-corrected chi connectivity index (χ3v) is 2.99. The Bertz CT molecular complexity index is 609. The number of carbonyl (C=O) groups is 1. The number of benzene rings is 1. The van der Waals surface area contributed by atoms with Crippen molar-refractivity contribution in [3.05, 3.63) is 53.0 Å². The highest BCUT2D eigenvalue weighted by Crippen LogP contribution is 2.14. The van der Waals surface area contributed by atoms with Crippen LogP contribution in [-0.4, -0.2) is 22.9 Å². The SMILES string of the molecule is COc1cc(C(=O)Cc2cc(C)ccc2C)ncn1. The lowest BCUT2D eigenvalue weighted by atomic mass is 10.00. The molecule has 98 valence electrons. The van der Waals surface area contributed by atoms with Gasteiger partial charge in [0.1, 0.15) is 12.0 Å². The van der Waals surface area contributed by atoms with Gasteiger partial charge < -0.3 is 4.74 Å². The molecule has 19 heavy (non-hydrogen) atoms. The first-order valence-electron chi connectivity index (χ1n) is 6.05. The van der Waals surface area contributed by atoms with Crippen molar-refractivity contribution in [1.82, 2.24) is 9.97 Å². The smallest absolute Gasteiger partial charge is 0.216 e. The summed E-state index contributed by atoms with van der Waals surface area (Å²) in [4.78, 5) is 20.1. The third kappa shape index (κ3) is 3.16. The number of methoxy groups -OCH3 is 1. The van der Waals surface area contributed by atoms with Crippen molar-refractivity contribution in [2.24, 2.45) is 0 Å². The Morgan fingerprint density at radius 2 is 2.00 bits per heavy atom. The van der Waals surface area contributed by atoms with E-state index in [0.29, 0.717) is 18.0 Å². The van der Waals surface area contributed by atoms with Crippen LogP contribution in [-0.2, 0) is 6.42 Å². The maximum absolute atomic E-state index is 12.2. The minimum Gasteiger partial charge on any atom is -0.481 e. The molecule has 0 atom stereocenters. The Kier molecular flexibility index (Phi) is 3.90. The van der Waals surface area contributed by atoms with E-state index in [1.807, 2.05) is 32.0 Å². The van der Waals surface area contributed by atoms with Crippen molar-refractivity contribution in [3.63, 3.8) is 0 Å². The molecule has 0 amide bonds.